The number of carbonyl (C=O) groups is 1. The summed E-state index contributed by atoms with van der Waals surface area (Å²) in [4.78, 5) is 11.7. The fraction of sp³-hybridized carbons (Fsp3) is 0.692. The monoisotopic (exact) mass is 252 g/mol. The average molecular weight is 252 g/mol. The van der Waals surface area contributed by atoms with Crippen LogP contribution in [0.25, 0.3) is 0 Å². The fourth-order valence-corrected chi connectivity index (χ4v) is 2.45. The van der Waals surface area contributed by atoms with Gasteiger partial charge in [0.25, 0.3) is 5.91 Å². The van der Waals surface area contributed by atoms with Gasteiger partial charge in [-0.05, 0) is 25.7 Å². The van der Waals surface area contributed by atoms with Gasteiger partial charge in [0, 0.05) is 12.6 Å². The maximum Gasteiger partial charge on any atom is 0.273 e. The molecule has 1 aliphatic rings. The highest BCUT2D eigenvalue weighted by molar-refractivity contribution is 5.92. The van der Waals surface area contributed by atoms with Crippen LogP contribution in [0.3, 0.4) is 0 Å². The zero-order valence-electron chi connectivity index (χ0n) is 10.7. The summed E-state index contributed by atoms with van der Waals surface area (Å²) in [7, 11) is 0. The second-order valence-electron chi connectivity index (χ2n) is 5.00. The van der Waals surface area contributed by atoms with Gasteiger partial charge in [-0.1, -0.05) is 24.4 Å². The average Bonchev–Trinajstić information content (AvgIpc) is 2.83. The van der Waals surface area contributed by atoms with E-state index in [9.17, 15) is 9.90 Å². The number of rotatable bonds is 4. The standard InChI is InChI=1S/C13H20N2O3/c1-9-7-11(15-18-9)13(17)14-8-12(16)10-5-3-2-4-6-10/h7,10,12,16H,2-6,8H2,1H3,(H,14,17). The summed E-state index contributed by atoms with van der Waals surface area (Å²) in [6.45, 7) is 2.02. The third-order valence-electron chi connectivity index (χ3n) is 3.53. The minimum absolute atomic E-state index is 0.267. The van der Waals surface area contributed by atoms with Gasteiger partial charge >= 0.3 is 0 Å². The van der Waals surface area contributed by atoms with Crippen molar-refractivity contribution in [2.75, 3.05) is 6.54 Å². The molecule has 1 atom stereocenters. The van der Waals surface area contributed by atoms with Crippen molar-refractivity contribution < 1.29 is 14.4 Å². The first-order valence-electron chi connectivity index (χ1n) is 6.56. The molecule has 1 saturated carbocycles. The van der Waals surface area contributed by atoms with Gasteiger partial charge in [0.05, 0.1) is 6.10 Å². The lowest BCUT2D eigenvalue weighted by molar-refractivity contribution is 0.0734. The van der Waals surface area contributed by atoms with Gasteiger partial charge in [0.1, 0.15) is 5.76 Å². The fourth-order valence-electron chi connectivity index (χ4n) is 2.45. The van der Waals surface area contributed by atoms with Gasteiger partial charge in [-0.2, -0.15) is 0 Å². The van der Waals surface area contributed by atoms with Crippen LogP contribution < -0.4 is 5.32 Å². The Hall–Kier alpha value is -1.36. The van der Waals surface area contributed by atoms with E-state index in [1.165, 1.54) is 19.3 Å². The summed E-state index contributed by atoms with van der Waals surface area (Å²) in [6.07, 6.45) is 5.27. The molecule has 0 aromatic carbocycles. The zero-order valence-corrected chi connectivity index (χ0v) is 10.7. The van der Waals surface area contributed by atoms with Crippen molar-refractivity contribution in [3.8, 4) is 0 Å². The quantitative estimate of drug-likeness (QED) is 0.854. The number of aromatic nitrogens is 1. The van der Waals surface area contributed by atoms with Crippen LogP contribution in [-0.2, 0) is 0 Å². The summed E-state index contributed by atoms with van der Waals surface area (Å²) >= 11 is 0. The molecule has 1 aromatic heterocycles. The molecule has 1 heterocycles. The Morgan fingerprint density at radius 3 is 2.89 bits per heavy atom. The highest BCUT2D eigenvalue weighted by Gasteiger charge is 2.22. The smallest absolute Gasteiger partial charge is 0.273 e. The minimum atomic E-state index is -0.456. The van der Waals surface area contributed by atoms with E-state index in [0.717, 1.165) is 12.8 Å². The Kier molecular flexibility index (Phi) is 4.36. The van der Waals surface area contributed by atoms with E-state index in [2.05, 4.69) is 10.5 Å². The van der Waals surface area contributed by atoms with Gasteiger partial charge in [-0.3, -0.25) is 4.79 Å². The Labute approximate surface area is 107 Å². The van der Waals surface area contributed by atoms with Crippen molar-refractivity contribution in [2.24, 2.45) is 5.92 Å². The molecule has 2 N–H and O–H groups in total. The highest BCUT2D eigenvalue weighted by atomic mass is 16.5. The van der Waals surface area contributed by atoms with Crippen molar-refractivity contribution >= 4 is 5.91 Å². The molecule has 0 bridgehead atoms. The first-order valence-corrected chi connectivity index (χ1v) is 6.56. The van der Waals surface area contributed by atoms with Gasteiger partial charge < -0.3 is 14.9 Å². The lowest BCUT2D eigenvalue weighted by Gasteiger charge is -2.26. The molecule has 0 saturated heterocycles. The van der Waals surface area contributed by atoms with Crippen molar-refractivity contribution in [1.82, 2.24) is 10.5 Å². The van der Waals surface area contributed by atoms with Crippen LogP contribution in [0.2, 0.25) is 0 Å². The molecule has 0 spiro atoms. The van der Waals surface area contributed by atoms with Gasteiger partial charge in [-0.25, -0.2) is 0 Å². The van der Waals surface area contributed by atoms with Crippen LogP contribution in [0.15, 0.2) is 10.6 Å². The molecule has 0 aliphatic heterocycles. The number of nitrogens with zero attached hydrogens (tertiary/aromatic N) is 1. The van der Waals surface area contributed by atoms with Gasteiger partial charge in [-0.15, -0.1) is 0 Å². The normalized spacial score (nSPS) is 18.6. The number of aryl methyl sites for hydroxylation is 1. The number of amides is 1. The SMILES string of the molecule is Cc1cc(C(=O)NCC(O)C2CCCCC2)no1. The lowest BCUT2D eigenvalue weighted by Crippen LogP contribution is -2.37. The van der Waals surface area contributed by atoms with Crippen molar-refractivity contribution in [1.29, 1.82) is 0 Å². The van der Waals surface area contributed by atoms with Crippen LogP contribution in [0.5, 0.6) is 0 Å². The molecule has 1 amide bonds. The van der Waals surface area contributed by atoms with E-state index in [4.69, 9.17) is 4.52 Å². The van der Waals surface area contributed by atoms with Crippen LogP contribution in [0.4, 0.5) is 0 Å². The Bertz CT molecular complexity index is 397. The number of aliphatic hydroxyl groups excluding tert-OH is 1. The number of hydrogen-bond donors (Lipinski definition) is 2. The van der Waals surface area contributed by atoms with E-state index in [-0.39, 0.29) is 18.1 Å². The van der Waals surface area contributed by atoms with Crippen LogP contribution in [0, 0.1) is 12.8 Å². The van der Waals surface area contributed by atoms with Crippen molar-refractivity contribution in [3.63, 3.8) is 0 Å². The van der Waals surface area contributed by atoms with Crippen LogP contribution >= 0.6 is 0 Å². The molecule has 100 valence electrons. The maximum absolute atomic E-state index is 11.7. The predicted octanol–water partition coefficient (Wildman–Crippen LogP) is 1.65. The first-order chi connectivity index (χ1) is 8.66. The Morgan fingerprint density at radius 1 is 1.56 bits per heavy atom. The largest absolute Gasteiger partial charge is 0.391 e. The molecule has 0 radical (unpaired) electrons. The summed E-state index contributed by atoms with van der Waals surface area (Å²) in [5, 5.41) is 16.4. The zero-order chi connectivity index (χ0) is 13.0. The highest BCUT2D eigenvalue weighted by Crippen LogP contribution is 2.26. The van der Waals surface area contributed by atoms with E-state index in [1.807, 2.05) is 0 Å². The van der Waals surface area contributed by atoms with Gasteiger partial charge in [0.15, 0.2) is 5.69 Å². The predicted molar refractivity (Wildman–Crippen MR) is 66.2 cm³/mol. The molecule has 1 fully saturated rings. The minimum Gasteiger partial charge on any atom is -0.391 e. The second kappa shape index (κ2) is 6.00. The molecule has 1 aromatic rings. The summed E-state index contributed by atoms with van der Waals surface area (Å²) in [6, 6.07) is 1.59. The summed E-state index contributed by atoms with van der Waals surface area (Å²) < 4.78 is 4.84. The molecule has 18 heavy (non-hydrogen) atoms. The third-order valence-corrected chi connectivity index (χ3v) is 3.53. The summed E-state index contributed by atoms with van der Waals surface area (Å²) in [5.41, 5.74) is 0.267. The van der Waals surface area contributed by atoms with E-state index in [0.29, 0.717) is 11.7 Å². The van der Waals surface area contributed by atoms with Gasteiger partial charge in [0.2, 0.25) is 0 Å². The molecule has 1 aliphatic carbocycles. The lowest BCUT2D eigenvalue weighted by atomic mass is 9.85. The molecular formula is C13H20N2O3. The van der Waals surface area contributed by atoms with E-state index >= 15 is 0 Å². The van der Waals surface area contributed by atoms with Crippen LogP contribution in [0.1, 0.15) is 48.4 Å². The maximum atomic E-state index is 11.7. The number of aliphatic hydroxyl groups is 1. The molecular weight excluding hydrogens is 232 g/mol. The van der Waals surface area contributed by atoms with Crippen molar-refractivity contribution in [3.05, 3.63) is 17.5 Å². The number of hydrogen-bond acceptors (Lipinski definition) is 4. The van der Waals surface area contributed by atoms with E-state index < -0.39 is 6.10 Å². The summed E-state index contributed by atoms with van der Waals surface area (Å²) in [5.74, 6) is 0.632. The Morgan fingerprint density at radius 2 is 2.28 bits per heavy atom. The first kappa shape index (κ1) is 13.1. The molecule has 5 heteroatoms. The molecule has 5 nitrogen and oxygen atoms in total. The van der Waals surface area contributed by atoms with E-state index in [1.54, 1.807) is 13.0 Å². The molecule has 2 rings (SSSR count). The topological polar surface area (TPSA) is 75.4 Å². The van der Waals surface area contributed by atoms with Crippen LogP contribution in [-0.4, -0.2) is 28.8 Å². The molecule has 1 unspecified atom stereocenters. The third kappa shape index (κ3) is 3.32. The number of nitrogens with one attached hydrogen (secondary N) is 1. The second-order valence-corrected chi connectivity index (χ2v) is 5.00. The van der Waals surface area contributed by atoms with Crippen molar-refractivity contribution in [2.45, 2.75) is 45.1 Å². The number of carbonyl (C=O) groups excluding carboxylic acids is 1. The Balaban J connectivity index is 1.78.